The molecule has 6 rings (SSSR count). The van der Waals surface area contributed by atoms with E-state index in [0.29, 0.717) is 37.6 Å². The molecule has 2 aromatic rings. The second-order valence-electron chi connectivity index (χ2n) is 10.7. The van der Waals surface area contributed by atoms with Crippen molar-refractivity contribution < 1.29 is 42.8 Å². The predicted molar refractivity (Wildman–Crippen MR) is 144 cm³/mol. The molecule has 2 saturated heterocycles. The molecule has 12 heteroatoms. The minimum absolute atomic E-state index is 0.00287. The molecular weight excluding hydrogens is 534 g/mol. The first-order chi connectivity index (χ1) is 19.9. The number of amides is 2. The highest BCUT2D eigenvalue weighted by atomic mass is 16.7. The Morgan fingerprint density at radius 2 is 1.66 bits per heavy atom. The van der Waals surface area contributed by atoms with E-state index < -0.39 is 12.0 Å². The maximum atomic E-state index is 13.0. The number of rotatable bonds is 6. The van der Waals surface area contributed by atoms with E-state index in [0.717, 1.165) is 29.8 Å². The number of cyclic esters (lactones) is 1. The van der Waals surface area contributed by atoms with E-state index in [1.54, 1.807) is 17.0 Å². The van der Waals surface area contributed by atoms with Gasteiger partial charge in [-0.1, -0.05) is 0 Å². The highest BCUT2D eigenvalue weighted by Crippen LogP contribution is 2.52. The molecular formula is C29H33N3O9. The van der Waals surface area contributed by atoms with Crippen molar-refractivity contribution >= 4 is 18.0 Å². The van der Waals surface area contributed by atoms with Crippen LogP contribution in [0.3, 0.4) is 0 Å². The molecule has 3 heterocycles. The zero-order chi connectivity index (χ0) is 28.7. The normalized spacial score (nSPS) is 22.9. The molecule has 3 atom stereocenters. The van der Waals surface area contributed by atoms with Gasteiger partial charge in [0.1, 0.15) is 6.54 Å². The second-order valence-corrected chi connectivity index (χ2v) is 10.7. The highest BCUT2D eigenvalue weighted by molar-refractivity contribution is 5.83. The van der Waals surface area contributed by atoms with Gasteiger partial charge in [-0.25, -0.2) is 4.79 Å². The quantitative estimate of drug-likeness (QED) is 0.517. The first-order valence-corrected chi connectivity index (χ1v) is 13.6. The number of carbonyl (C=O) groups excluding carboxylic acids is 3. The van der Waals surface area contributed by atoms with Crippen molar-refractivity contribution in [1.29, 1.82) is 0 Å². The van der Waals surface area contributed by atoms with Crippen molar-refractivity contribution in [2.24, 2.45) is 11.8 Å². The molecule has 2 amide bonds. The summed E-state index contributed by atoms with van der Waals surface area (Å²) >= 11 is 0. The molecule has 2 fully saturated rings. The molecule has 2 aromatic carbocycles. The van der Waals surface area contributed by atoms with Crippen molar-refractivity contribution in [1.82, 2.24) is 15.1 Å². The number of hydrogen-bond donors (Lipinski definition) is 1. The molecule has 12 nitrogen and oxygen atoms in total. The molecule has 4 aliphatic rings. The Morgan fingerprint density at radius 1 is 0.976 bits per heavy atom. The van der Waals surface area contributed by atoms with Crippen LogP contribution in [0.5, 0.6) is 28.7 Å². The van der Waals surface area contributed by atoms with Crippen LogP contribution in [-0.2, 0) is 20.7 Å². The molecule has 1 N–H and O–H groups in total. The Bertz CT molecular complexity index is 1350. The highest BCUT2D eigenvalue weighted by Gasteiger charge is 2.48. The number of carbonyl (C=O) groups is 3. The fourth-order valence-electron chi connectivity index (χ4n) is 6.13. The van der Waals surface area contributed by atoms with Crippen molar-refractivity contribution in [3.63, 3.8) is 0 Å². The van der Waals surface area contributed by atoms with Gasteiger partial charge in [0.15, 0.2) is 23.0 Å². The van der Waals surface area contributed by atoms with Gasteiger partial charge in [-0.2, -0.15) is 0 Å². The topological polar surface area (TPSA) is 125 Å². The third-order valence-electron chi connectivity index (χ3n) is 8.31. The van der Waals surface area contributed by atoms with E-state index in [1.165, 1.54) is 14.2 Å². The number of likely N-dealkylation sites (N-methyl/N-ethyl adjacent to an activating group) is 1. The summed E-state index contributed by atoms with van der Waals surface area (Å²) in [4.78, 5) is 42.1. The number of nitrogens with zero attached hydrogens (tertiary/aromatic N) is 2. The Hall–Kier alpha value is -4.19. The summed E-state index contributed by atoms with van der Waals surface area (Å²) in [6.45, 7) is 3.08. The summed E-state index contributed by atoms with van der Waals surface area (Å²) in [5.41, 5.74) is 2.74. The van der Waals surface area contributed by atoms with E-state index in [4.69, 9.17) is 28.4 Å². The van der Waals surface area contributed by atoms with Gasteiger partial charge >= 0.3 is 12.1 Å². The molecule has 218 valence electrons. The fraction of sp³-hybridized carbons (Fsp3) is 0.483. The first kappa shape index (κ1) is 27.0. The van der Waals surface area contributed by atoms with Crippen molar-refractivity contribution in [2.75, 3.05) is 67.4 Å². The van der Waals surface area contributed by atoms with Crippen LogP contribution in [0.1, 0.15) is 22.6 Å². The van der Waals surface area contributed by atoms with Crippen LogP contribution in [0, 0.1) is 11.8 Å². The molecule has 0 radical (unpaired) electrons. The molecule has 0 bridgehead atoms. The summed E-state index contributed by atoms with van der Waals surface area (Å²) in [5.74, 6) is 0.638. The Kier molecular flexibility index (Phi) is 7.24. The summed E-state index contributed by atoms with van der Waals surface area (Å²) < 4.78 is 33.6. The summed E-state index contributed by atoms with van der Waals surface area (Å²) in [6.07, 6.45) is -0.131. The number of methoxy groups -OCH3 is 2. The van der Waals surface area contributed by atoms with Crippen LogP contribution in [0.2, 0.25) is 0 Å². The summed E-state index contributed by atoms with van der Waals surface area (Å²) in [5, 5.41) is 2.53. The van der Waals surface area contributed by atoms with Gasteiger partial charge in [-0.05, 0) is 54.4 Å². The lowest BCUT2D eigenvalue weighted by atomic mass is 9.67. The molecule has 1 aliphatic carbocycles. The Labute approximate surface area is 237 Å². The van der Waals surface area contributed by atoms with Gasteiger partial charge in [0, 0.05) is 38.0 Å². The van der Waals surface area contributed by atoms with Gasteiger partial charge in [-0.15, -0.1) is 0 Å². The lowest BCUT2D eigenvalue weighted by Gasteiger charge is -2.34. The third kappa shape index (κ3) is 5.08. The zero-order valence-electron chi connectivity index (χ0n) is 23.3. The number of hydrogen-bond acceptors (Lipinski definition) is 10. The number of benzene rings is 2. The standard InChI is InChI=1S/C29H33N3O9/c1-31-4-6-32(7-5-31)24(33)13-30-29(35)41-27-22(36-2)10-17(11-23(27)37-3)25-19-12-21-20(39-15-40-21)9-16(19)8-18-14-38-28(34)26(18)25/h9-12,18,25-26H,4-8,13-15H2,1-3H3,(H,30,35)/t18-,25+,26-/m0/s1. The average molecular weight is 568 g/mol. The average Bonchev–Trinajstić information content (AvgIpc) is 3.59. The first-order valence-electron chi connectivity index (χ1n) is 13.6. The maximum absolute atomic E-state index is 13.0. The minimum atomic E-state index is -0.813. The summed E-state index contributed by atoms with van der Waals surface area (Å²) in [7, 11) is 4.92. The maximum Gasteiger partial charge on any atom is 0.413 e. The van der Waals surface area contributed by atoms with Crippen molar-refractivity contribution in [2.45, 2.75) is 12.3 Å². The van der Waals surface area contributed by atoms with Gasteiger partial charge in [0.05, 0.1) is 26.7 Å². The van der Waals surface area contributed by atoms with Gasteiger partial charge in [0.2, 0.25) is 18.4 Å². The number of ether oxygens (including phenoxy) is 6. The third-order valence-corrected chi connectivity index (χ3v) is 8.31. The van der Waals surface area contributed by atoms with E-state index in [9.17, 15) is 14.4 Å². The van der Waals surface area contributed by atoms with Crippen molar-refractivity contribution in [3.8, 4) is 28.7 Å². The number of esters is 1. The SMILES string of the molecule is COc1cc([C@@H]2c3cc4c(cc3C[C@H]3COC(=O)[C@@H]32)OCO4)cc(OC)c1OC(=O)NCC(=O)N1CCN(C)CC1. The molecule has 0 unspecified atom stereocenters. The van der Waals surface area contributed by atoms with E-state index >= 15 is 0 Å². The van der Waals surface area contributed by atoms with Crippen LogP contribution in [-0.4, -0.2) is 95.2 Å². The van der Waals surface area contributed by atoms with Gasteiger partial charge < -0.3 is 43.5 Å². The summed E-state index contributed by atoms with van der Waals surface area (Å²) in [6, 6.07) is 7.39. The van der Waals surface area contributed by atoms with Crippen LogP contribution < -0.4 is 29.0 Å². The minimum Gasteiger partial charge on any atom is -0.493 e. The zero-order valence-corrected chi connectivity index (χ0v) is 23.3. The largest absolute Gasteiger partial charge is 0.493 e. The number of piperazine rings is 1. The lowest BCUT2D eigenvalue weighted by molar-refractivity contribution is -0.141. The van der Waals surface area contributed by atoms with Gasteiger partial charge in [-0.3, -0.25) is 9.59 Å². The van der Waals surface area contributed by atoms with Crippen LogP contribution in [0.25, 0.3) is 0 Å². The van der Waals surface area contributed by atoms with E-state index in [1.807, 2.05) is 19.2 Å². The lowest BCUT2D eigenvalue weighted by Crippen LogP contribution is -2.50. The van der Waals surface area contributed by atoms with Crippen LogP contribution in [0.15, 0.2) is 24.3 Å². The van der Waals surface area contributed by atoms with Gasteiger partial charge in [0.25, 0.3) is 0 Å². The van der Waals surface area contributed by atoms with Crippen LogP contribution >= 0.6 is 0 Å². The predicted octanol–water partition coefficient (Wildman–Crippen LogP) is 1.77. The molecule has 0 spiro atoms. The Balaban J connectivity index is 1.27. The van der Waals surface area contributed by atoms with Crippen molar-refractivity contribution in [3.05, 3.63) is 41.0 Å². The smallest absolute Gasteiger partial charge is 0.413 e. The monoisotopic (exact) mass is 567 g/mol. The van der Waals surface area contributed by atoms with Crippen LogP contribution in [0.4, 0.5) is 4.79 Å². The second kappa shape index (κ2) is 11.0. The molecule has 3 aliphatic heterocycles. The molecule has 41 heavy (non-hydrogen) atoms. The molecule has 0 saturated carbocycles. The Morgan fingerprint density at radius 3 is 2.34 bits per heavy atom. The fourth-order valence-corrected chi connectivity index (χ4v) is 6.13. The molecule has 0 aromatic heterocycles. The van der Waals surface area contributed by atoms with E-state index in [-0.39, 0.29) is 54.3 Å². The van der Waals surface area contributed by atoms with E-state index in [2.05, 4.69) is 10.2 Å². The number of nitrogens with one attached hydrogen (secondary N) is 1. The number of fused-ring (bicyclic) bond motifs is 3.